The standard InChI is InChI=1S/C15H19BrN2OS/c1-11(2)18(3)10-12(8-9-20)15(19)17-14-6-4-13(16)5-7-14/h4-7,9-11H,8H2,1-3H3,(H,17,19)/b12-10+. The van der Waals surface area contributed by atoms with Gasteiger partial charge in [-0.1, -0.05) is 28.1 Å². The molecule has 1 aromatic rings. The second kappa shape index (κ2) is 8.17. The smallest absolute Gasteiger partial charge is 0.253 e. The monoisotopic (exact) mass is 354 g/mol. The number of hydrogen-bond acceptors (Lipinski definition) is 3. The van der Waals surface area contributed by atoms with Crippen LogP contribution in [0.4, 0.5) is 5.69 Å². The summed E-state index contributed by atoms with van der Waals surface area (Å²) in [6.45, 7) is 4.14. The predicted molar refractivity (Wildman–Crippen MR) is 92.0 cm³/mol. The molecule has 0 saturated carbocycles. The van der Waals surface area contributed by atoms with Crippen molar-refractivity contribution in [3.05, 3.63) is 40.5 Å². The van der Waals surface area contributed by atoms with Crippen LogP contribution in [0, 0.1) is 0 Å². The summed E-state index contributed by atoms with van der Waals surface area (Å²) in [6, 6.07) is 7.80. The summed E-state index contributed by atoms with van der Waals surface area (Å²) in [5, 5.41) is 4.45. The SMILES string of the molecule is CC(C)N(C)/C=C(\CC=S)C(=O)Nc1ccc(Br)cc1. The number of amides is 1. The van der Waals surface area contributed by atoms with Crippen LogP contribution in [0.1, 0.15) is 20.3 Å². The molecule has 0 radical (unpaired) electrons. The van der Waals surface area contributed by atoms with Crippen molar-refractivity contribution in [2.24, 2.45) is 0 Å². The van der Waals surface area contributed by atoms with Crippen LogP contribution < -0.4 is 5.32 Å². The lowest BCUT2D eigenvalue weighted by Crippen LogP contribution is -2.23. The Bertz CT molecular complexity index is 497. The van der Waals surface area contributed by atoms with Crippen LogP contribution in [0.25, 0.3) is 0 Å². The maximum Gasteiger partial charge on any atom is 0.253 e. The molecule has 0 spiro atoms. The second-order valence-corrected chi connectivity index (χ2v) is 5.99. The number of anilines is 1. The Morgan fingerprint density at radius 1 is 1.40 bits per heavy atom. The highest BCUT2D eigenvalue weighted by Gasteiger charge is 2.11. The van der Waals surface area contributed by atoms with E-state index in [1.54, 1.807) is 5.37 Å². The first-order valence-electron chi connectivity index (χ1n) is 6.37. The maximum absolute atomic E-state index is 12.3. The van der Waals surface area contributed by atoms with Crippen LogP contribution in [-0.2, 0) is 4.79 Å². The fourth-order valence-corrected chi connectivity index (χ4v) is 1.88. The fourth-order valence-electron chi connectivity index (χ4n) is 1.43. The number of nitrogens with one attached hydrogen (secondary N) is 1. The van der Waals surface area contributed by atoms with E-state index < -0.39 is 0 Å². The molecule has 0 aromatic heterocycles. The van der Waals surface area contributed by atoms with Gasteiger partial charge in [0.1, 0.15) is 0 Å². The van der Waals surface area contributed by atoms with Gasteiger partial charge in [-0.15, -0.1) is 0 Å². The summed E-state index contributed by atoms with van der Waals surface area (Å²) in [5.74, 6) is -0.124. The maximum atomic E-state index is 12.3. The molecule has 0 atom stereocenters. The van der Waals surface area contributed by atoms with E-state index in [0.29, 0.717) is 18.0 Å². The first-order valence-corrected chi connectivity index (χ1v) is 7.63. The van der Waals surface area contributed by atoms with Gasteiger partial charge in [0.2, 0.25) is 0 Å². The van der Waals surface area contributed by atoms with Gasteiger partial charge in [0.05, 0.1) is 0 Å². The van der Waals surface area contributed by atoms with Crippen molar-refractivity contribution < 1.29 is 4.79 Å². The zero-order valence-electron chi connectivity index (χ0n) is 11.9. The molecule has 0 bridgehead atoms. The minimum absolute atomic E-state index is 0.124. The zero-order chi connectivity index (χ0) is 15.1. The predicted octanol–water partition coefficient (Wildman–Crippen LogP) is 4.00. The quantitative estimate of drug-likeness (QED) is 0.618. The van der Waals surface area contributed by atoms with E-state index >= 15 is 0 Å². The highest BCUT2D eigenvalue weighted by Crippen LogP contribution is 2.15. The van der Waals surface area contributed by atoms with E-state index in [1.165, 1.54) is 0 Å². The Labute approximate surface area is 134 Å². The third-order valence-corrected chi connectivity index (χ3v) is 3.57. The number of thiocarbonyl (C=S) groups is 1. The normalized spacial score (nSPS) is 11.3. The van der Waals surface area contributed by atoms with E-state index in [2.05, 4.69) is 35.1 Å². The van der Waals surface area contributed by atoms with Crippen molar-refractivity contribution in [1.82, 2.24) is 4.90 Å². The molecule has 108 valence electrons. The van der Waals surface area contributed by atoms with Crippen LogP contribution >= 0.6 is 28.1 Å². The molecule has 3 nitrogen and oxygen atoms in total. The summed E-state index contributed by atoms with van der Waals surface area (Å²) >= 11 is 8.24. The molecule has 1 rings (SSSR count). The number of benzene rings is 1. The summed E-state index contributed by atoms with van der Waals surface area (Å²) < 4.78 is 0.977. The molecule has 0 aliphatic carbocycles. The van der Waals surface area contributed by atoms with Gasteiger partial charge in [0.25, 0.3) is 5.91 Å². The molecule has 0 aliphatic heterocycles. The topological polar surface area (TPSA) is 32.3 Å². The van der Waals surface area contributed by atoms with Gasteiger partial charge in [0.15, 0.2) is 0 Å². The molecule has 20 heavy (non-hydrogen) atoms. The lowest BCUT2D eigenvalue weighted by atomic mass is 10.2. The van der Waals surface area contributed by atoms with Crippen molar-refractivity contribution in [1.29, 1.82) is 0 Å². The number of hydrogen-bond donors (Lipinski definition) is 1. The molecule has 0 aliphatic rings. The Hall–Kier alpha value is -1.20. The van der Waals surface area contributed by atoms with Crippen molar-refractivity contribution in [2.45, 2.75) is 26.3 Å². The molecule has 0 heterocycles. The lowest BCUT2D eigenvalue weighted by molar-refractivity contribution is -0.112. The molecule has 0 fully saturated rings. The van der Waals surface area contributed by atoms with E-state index in [1.807, 2.05) is 42.4 Å². The minimum atomic E-state index is -0.124. The van der Waals surface area contributed by atoms with Gasteiger partial charge in [-0.3, -0.25) is 4.79 Å². The van der Waals surface area contributed by atoms with Crippen molar-refractivity contribution in [3.8, 4) is 0 Å². The highest BCUT2D eigenvalue weighted by atomic mass is 79.9. The molecule has 5 heteroatoms. The van der Waals surface area contributed by atoms with Crippen molar-refractivity contribution in [2.75, 3.05) is 12.4 Å². The highest BCUT2D eigenvalue weighted by molar-refractivity contribution is 9.10. The molecular weight excluding hydrogens is 336 g/mol. The van der Waals surface area contributed by atoms with Gasteiger partial charge in [-0.05, 0) is 43.5 Å². The van der Waals surface area contributed by atoms with Gasteiger partial charge >= 0.3 is 0 Å². The van der Waals surface area contributed by atoms with Crippen molar-refractivity contribution >= 4 is 45.1 Å². The van der Waals surface area contributed by atoms with E-state index in [-0.39, 0.29) is 5.91 Å². The van der Waals surface area contributed by atoms with E-state index in [9.17, 15) is 4.79 Å². The summed E-state index contributed by atoms with van der Waals surface area (Å²) in [4.78, 5) is 14.3. The van der Waals surface area contributed by atoms with Crippen LogP contribution in [-0.4, -0.2) is 29.3 Å². The number of rotatable bonds is 6. The van der Waals surface area contributed by atoms with Crippen LogP contribution in [0.15, 0.2) is 40.5 Å². The zero-order valence-corrected chi connectivity index (χ0v) is 14.3. The van der Waals surface area contributed by atoms with E-state index in [4.69, 9.17) is 12.2 Å². The number of nitrogens with zero attached hydrogens (tertiary/aromatic N) is 1. The van der Waals surface area contributed by atoms with Crippen LogP contribution in [0.3, 0.4) is 0 Å². The van der Waals surface area contributed by atoms with Gasteiger partial charge in [0, 0.05) is 41.4 Å². The molecular formula is C15H19BrN2OS. The molecule has 1 amide bonds. The molecule has 1 N–H and O–H groups in total. The largest absolute Gasteiger partial charge is 0.378 e. The summed E-state index contributed by atoms with van der Waals surface area (Å²) in [7, 11) is 1.95. The molecule has 1 aromatic carbocycles. The second-order valence-electron chi connectivity index (χ2n) is 4.75. The Morgan fingerprint density at radius 3 is 2.50 bits per heavy atom. The average Bonchev–Trinajstić information content (AvgIpc) is 2.40. The lowest BCUT2D eigenvalue weighted by Gasteiger charge is -2.20. The Balaban J connectivity index is 2.83. The number of carbonyl (C=O) groups is 1. The first kappa shape index (κ1) is 16.9. The van der Waals surface area contributed by atoms with Gasteiger partial charge in [-0.2, -0.15) is 0 Å². The molecule has 0 saturated heterocycles. The number of halogens is 1. The minimum Gasteiger partial charge on any atom is -0.378 e. The van der Waals surface area contributed by atoms with Crippen LogP contribution in [0.5, 0.6) is 0 Å². The fraction of sp³-hybridized carbons (Fsp3) is 0.333. The van der Waals surface area contributed by atoms with E-state index in [0.717, 1.165) is 10.2 Å². The van der Waals surface area contributed by atoms with Crippen LogP contribution in [0.2, 0.25) is 0 Å². The Morgan fingerprint density at radius 2 is 2.00 bits per heavy atom. The molecule has 0 unspecified atom stereocenters. The summed E-state index contributed by atoms with van der Waals surface area (Å²) in [5.41, 5.74) is 1.42. The van der Waals surface area contributed by atoms with Gasteiger partial charge in [-0.25, -0.2) is 0 Å². The first-order chi connectivity index (χ1) is 9.43. The average molecular weight is 355 g/mol. The van der Waals surface area contributed by atoms with Gasteiger partial charge < -0.3 is 10.2 Å². The Kier molecular flexibility index (Phi) is 6.88. The number of carbonyl (C=O) groups excluding carboxylic acids is 1. The third-order valence-electron chi connectivity index (χ3n) is 2.87. The summed E-state index contributed by atoms with van der Waals surface area (Å²) in [6.07, 6.45) is 2.32. The third kappa shape index (κ3) is 5.43. The van der Waals surface area contributed by atoms with Crippen molar-refractivity contribution in [3.63, 3.8) is 0 Å².